The van der Waals surface area contributed by atoms with E-state index < -0.39 is 0 Å². The van der Waals surface area contributed by atoms with E-state index in [1.807, 2.05) is 0 Å². The van der Waals surface area contributed by atoms with Crippen LogP contribution in [0, 0.1) is 12.8 Å². The minimum Gasteiger partial charge on any atom is -0.364 e. The maximum absolute atomic E-state index is 11.8. The van der Waals surface area contributed by atoms with Crippen LogP contribution in [-0.2, 0) is 0 Å². The fraction of sp³-hybridized carbons (Fsp3) is 0.625. The summed E-state index contributed by atoms with van der Waals surface area (Å²) in [5, 5.41) is 2.80. The van der Waals surface area contributed by atoms with E-state index >= 15 is 0 Å². The number of hydrogen-bond acceptors (Lipinski definition) is 2. The molecule has 2 N–H and O–H groups in total. The van der Waals surface area contributed by atoms with Gasteiger partial charge in [0.05, 0.1) is 0 Å². The van der Waals surface area contributed by atoms with E-state index in [-0.39, 0.29) is 16.9 Å². The zero-order valence-corrected chi connectivity index (χ0v) is 12.8. The number of aromatic amines is 1. The van der Waals surface area contributed by atoms with E-state index in [1.165, 1.54) is 31.5 Å². The van der Waals surface area contributed by atoms with Crippen molar-refractivity contribution >= 4 is 5.91 Å². The third kappa shape index (κ3) is 6.04. The molecule has 1 aromatic rings. The van der Waals surface area contributed by atoms with Crippen LogP contribution >= 0.6 is 0 Å². The Balaban J connectivity index is 2.22. The quantitative estimate of drug-likeness (QED) is 0.718. The lowest BCUT2D eigenvalue weighted by atomic mass is 10.0. The standard InChI is InChI=1S/C16H26N2O2/c1-12(2)8-6-4-5-7-9-17-16(20)14-11-18-13(3)10-15(14)19/h10-12H,4-9H2,1-3H3,(H,17,20)(H,18,19). The minimum atomic E-state index is -0.284. The molecule has 4 nitrogen and oxygen atoms in total. The molecular weight excluding hydrogens is 252 g/mol. The van der Waals surface area contributed by atoms with Crippen molar-refractivity contribution in [2.24, 2.45) is 5.92 Å². The van der Waals surface area contributed by atoms with Crippen molar-refractivity contribution in [2.75, 3.05) is 6.54 Å². The number of amides is 1. The third-order valence-corrected chi connectivity index (χ3v) is 3.30. The molecule has 1 amide bonds. The van der Waals surface area contributed by atoms with Gasteiger partial charge in [-0.05, 0) is 19.3 Å². The zero-order valence-electron chi connectivity index (χ0n) is 12.8. The number of aromatic nitrogens is 1. The smallest absolute Gasteiger partial charge is 0.256 e. The summed E-state index contributed by atoms with van der Waals surface area (Å²) in [6, 6.07) is 1.45. The Labute approximate surface area is 121 Å². The number of pyridine rings is 1. The van der Waals surface area contributed by atoms with Gasteiger partial charge in [0, 0.05) is 24.5 Å². The first-order valence-corrected chi connectivity index (χ1v) is 7.48. The lowest BCUT2D eigenvalue weighted by Crippen LogP contribution is -2.29. The first kappa shape index (κ1) is 16.5. The van der Waals surface area contributed by atoms with Crippen LogP contribution in [0.1, 0.15) is 62.0 Å². The predicted octanol–water partition coefficient (Wildman–Crippen LogP) is 3.02. The van der Waals surface area contributed by atoms with Crippen LogP contribution < -0.4 is 10.7 Å². The van der Waals surface area contributed by atoms with E-state index in [4.69, 9.17) is 0 Å². The second kappa shape index (κ2) is 8.56. The first-order chi connectivity index (χ1) is 9.50. The van der Waals surface area contributed by atoms with Gasteiger partial charge in [0.25, 0.3) is 5.91 Å². The van der Waals surface area contributed by atoms with Gasteiger partial charge in [-0.1, -0.05) is 39.5 Å². The highest BCUT2D eigenvalue weighted by Gasteiger charge is 2.09. The second-order valence-corrected chi connectivity index (χ2v) is 5.75. The normalized spacial score (nSPS) is 10.8. The highest BCUT2D eigenvalue weighted by molar-refractivity contribution is 5.93. The number of rotatable bonds is 8. The topological polar surface area (TPSA) is 62.0 Å². The maximum atomic E-state index is 11.8. The first-order valence-electron chi connectivity index (χ1n) is 7.48. The fourth-order valence-electron chi connectivity index (χ4n) is 2.08. The predicted molar refractivity (Wildman–Crippen MR) is 82.1 cm³/mol. The largest absolute Gasteiger partial charge is 0.364 e. The van der Waals surface area contributed by atoms with E-state index in [1.54, 1.807) is 6.92 Å². The Morgan fingerprint density at radius 2 is 1.95 bits per heavy atom. The monoisotopic (exact) mass is 278 g/mol. The number of nitrogens with one attached hydrogen (secondary N) is 2. The Morgan fingerprint density at radius 1 is 1.25 bits per heavy atom. The molecule has 0 aromatic carbocycles. The molecule has 20 heavy (non-hydrogen) atoms. The van der Waals surface area contributed by atoms with Gasteiger partial charge >= 0.3 is 0 Å². The SMILES string of the molecule is Cc1cc(=O)c(C(=O)NCCCCCCC(C)C)c[nH]1. The number of unbranched alkanes of at least 4 members (excludes halogenated alkanes) is 3. The van der Waals surface area contributed by atoms with E-state index in [9.17, 15) is 9.59 Å². The van der Waals surface area contributed by atoms with Crippen molar-refractivity contribution in [1.29, 1.82) is 0 Å². The van der Waals surface area contributed by atoms with Crippen LogP contribution in [0.3, 0.4) is 0 Å². The Kier molecular flexibility index (Phi) is 7.05. The molecule has 0 bridgehead atoms. The van der Waals surface area contributed by atoms with Crippen molar-refractivity contribution < 1.29 is 4.79 Å². The van der Waals surface area contributed by atoms with Crippen LogP contribution in [0.5, 0.6) is 0 Å². The van der Waals surface area contributed by atoms with Gasteiger partial charge in [0.1, 0.15) is 5.56 Å². The van der Waals surface area contributed by atoms with Crippen LogP contribution in [0.15, 0.2) is 17.1 Å². The van der Waals surface area contributed by atoms with E-state index in [0.29, 0.717) is 6.54 Å². The van der Waals surface area contributed by atoms with Crippen LogP contribution in [0.4, 0.5) is 0 Å². The van der Waals surface area contributed by atoms with Crippen molar-refractivity contribution in [1.82, 2.24) is 10.3 Å². The lowest BCUT2D eigenvalue weighted by molar-refractivity contribution is 0.0951. The van der Waals surface area contributed by atoms with Gasteiger partial charge in [-0.2, -0.15) is 0 Å². The van der Waals surface area contributed by atoms with E-state index in [2.05, 4.69) is 24.1 Å². The molecular formula is C16H26N2O2. The molecule has 4 heteroatoms. The average Bonchev–Trinajstić information content (AvgIpc) is 2.37. The van der Waals surface area contributed by atoms with Crippen molar-refractivity contribution in [3.8, 4) is 0 Å². The molecule has 0 fully saturated rings. The van der Waals surface area contributed by atoms with Crippen molar-refractivity contribution in [3.63, 3.8) is 0 Å². The number of carbonyl (C=O) groups is 1. The average molecular weight is 278 g/mol. The van der Waals surface area contributed by atoms with Crippen molar-refractivity contribution in [2.45, 2.75) is 52.9 Å². The molecule has 0 radical (unpaired) electrons. The molecule has 1 rings (SSSR count). The summed E-state index contributed by atoms with van der Waals surface area (Å²) in [6.07, 6.45) is 7.30. The fourth-order valence-corrected chi connectivity index (χ4v) is 2.08. The summed E-state index contributed by atoms with van der Waals surface area (Å²) in [5.41, 5.74) is 0.725. The zero-order chi connectivity index (χ0) is 15.0. The van der Waals surface area contributed by atoms with Crippen LogP contribution in [0.2, 0.25) is 0 Å². The maximum Gasteiger partial charge on any atom is 0.256 e. The number of hydrogen-bond donors (Lipinski definition) is 2. The summed E-state index contributed by atoms with van der Waals surface area (Å²) in [6.45, 7) is 6.90. The Hall–Kier alpha value is -1.58. The van der Waals surface area contributed by atoms with Gasteiger partial charge < -0.3 is 10.3 Å². The van der Waals surface area contributed by atoms with Crippen molar-refractivity contribution in [3.05, 3.63) is 33.7 Å². The molecule has 0 spiro atoms. The highest BCUT2D eigenvalue weighted by Crippen LogP contribution is 2.08. The summed E-state index contributed by atoms with van der Waals surface area (Å²) in [7, 11) is 0. The number of carbonyl (C=O) groups excluding carboxylic acids is 1. The summed E-state index contributed by atoms with van der Waals surface area (Å²) in [4.78, 5) is 26.4. The molecule has 112 valence electrons. The molecule has 0 aliphatic heterocycles. The summed E-state index contributed by atoms with van der Waals surface area (Å²) in [5.74, 6) is 0.483. The van der Waals surface area contributed by atoms with E-state index in [0.717, 1.165) is 24.5 Å². The second-order valence-electron chi connectivity index (χ2n) is 5.75. The van der Waals surface area contributed by atoms with Crippen LogP contribution in [0.25, 0.3) is 0 Å². The summed E-state index contributed by atoms with van der Waals surface area (Å²) < 4.78 is 0. The lowest BCUT2D eigenvalue weighted by Gasteiger charge is -2.06. The molecule has 0 saturated heterocycles. The molecule has 0 saturated carbocycles. The molecule has 1 aromatic heterocycles. The number of aryl methyl sites for hydroxylation is 1. The third-order valence-electron chi connectivity index (χ3n) is 3.30. The van der Waals surface area contributed by atoms with Gasteiger partial charge in [-0.25, -0.2) is 0 Å². The van der Waals surface area contributed by atoms with Gasteiger partial charge in [0.15, 0.2) is 5.43 Å². The Morgan fingerprint density at radius 3 is 2.60 bits per heavy atom. The molecule has 0 unspecified atom stereocenters. The number of H-pyrrole nitrogens is 1. The molecule has 0 aliphatic carbocycles. The van der Waals surface area contributed by atoms with Gasteiger partial charge in [-0.3, -0.25) is 9.59 Å². The van der Waals surface area contributed by atoms with Crippen LogP contribution in [-0.4, -0.2) is 17.4 Å². The van der Waals surface area contributed by atoms with Gasteiger partial charge in [-0.15, -0.1) is 0 Å². The molecule has 1 heterocycles. The minimum absolute atomic E-state index is 0.190. The Bertz CT molecular complexity index is 478. The molecule has 0 atom stereocenters. The molecule has 0 aliphatic rings. The summed E-state index contributed by atoms with van der Waals surface area (Å²) >= 11 is 0. The van der Waals surface area contributed by atoms with Gasteiger partial charge in [0.2, 0.25) is 0 Å². The highest BCUT2D eigenvalue weighted by atomic mass is 16.2.